The molecule has 2 aromatic carbocycles. The first-order valence-corrected chi connectivity index (χ1v) is 9.42. The highest BCUT2D eigenvalue weighted by molar-refractivity contribution is 8.14. The SMILES string of the molecule is CN(C)c1ccc(/C=N\C2=NN=C(c3cc(F)c(Cl)cc3Cl)CS2)cc1. The summed E-state index contributed by atoms with van der Waals surface area (Å²) in [5.41, 5.74) is 3.17. The predicted molar refractivity (Wildman–Crippen MR) is 111 cm³/mol. The van der Waals surface area contributed by atoms with Gasteiger partial charge in [0.25, 0.3) is 0 Å². The molecule has 0 N–H and O–H groups in total. The molecule has 1 aliphatic heterocycles. The van der Waals surface area contributed by atoms with Gasteiger partial charge in [0.2, 0.25) is 5.17 Å². The quantitative estimate of drug-likeness (QED) is 0.521. The van der Waals surface area contributed by atoms with Crippen LogP contribution in [0, 0.1) is 5.82 Å². The molecule has 8 heteroatoms. The maximum atomic E-state index is 13.7. The molecular formula is C18H15Cl2FN4S. The van der Waals surface area contributed by atoms with Gasteiger partial charge in [0.05, 0.1) is 15.8 Å². The summed E-state index contributed by atoms with van der Waals surface area (Å²) in [4.78, 5) is 6.38. The third kappa shape index (κ3) is 4.44. The van der Waals surface area contributed by atoms with Gasteiger partial charge in [-0.15, -0.1) is 5.10 Å². The van der Waals surface area contributed by atoms with Crippen LogP contribution >= 0.6 is 35.0 Å². The van der Waals surface area contributed by atoms with E-state index in [4.69, 9.17) is 23.2 Å². The second kappa shape index (κ2) is 8.20. The van der Waals surface area contributed by atoms with Crippen LogP contribution in [-0.2, 0) is 0 Å². The van der Waals surface area contributed by atoms with Crippen LogP contribution < -0.4 is 4.90 Å². The Balaban J connectivity index is 1.75. The van der Waals surface area contributed by atoms with Crippen LogP contribution in [0.3, 0.4) is 0 Å². The van der Waals surface area contributed by atoms with Crippen LogP contribution in [-0.4, -0.2) is 36.9 Å². The van der Waals surface area contributed by atoms with Gasteiger partial charge in [0, 0.05) is 37.3 Å². The van der Waals surface area contributed by atoms with E-state index in [0.29, 0.717) is 27.2 Å². The van der Waals surface area contributed by atoms with Gasteiger partial charge in [-0.25, -0.2) is 9.38 Å². The van der Waals surface area contributed by atoms with E-state index in [1.807, 2.05) is 43.3 Å². The lowest BCUT2D eigenvalue weighted by Crippen LogP contribution is -2.11. The standard InChI is InChI=1S/C18H15Cl2FN4S/c1-25(2)12-5-3-11(4-6-12)9-22-18-24-23-17(10-26-18)13-7-16(21)15(20)8-14(13)19/h3-9H,10H2,1-2H3/b22-9-. The van der Waals surface area contributed by atoms with Crippen LogP contribution in [0.5, 0.6) is 0 Å². The van der Waals surface area contributed by atoms with Gasteiger partial charge in [0.1, 0.15) is 5.82 Å². The zero-order valence-corrected chi connectivity index (χ0v) is 16.4. The maximum absolute atomic E-state index is 13.7. The highest BCUT2D eigenvalue weighted by Crippen LogP contribution is 2.27. The molecule has 0 atom stereocenters. The largest absolute Gasteiger partial charge is 0.378 e. The molecule has 26 heavy (non-hydrogen) atoms. The van der Waals surface area contributed by atoms with E-state index < -0.39 is 5.82 Å². The Hall–Kier alpha value is -1.89. The lowest BCUT2D eigenvalue weighted by Gasteiger charge is -2.12. The van der Waals surface area contributed by atoms with Crippen molar-refractivity contribution in [3.05, 3.63) is 63.4 Å². The number of hydrogen-bond acceptors (Lipinski definition) is 5. The summed E-state index contributed by atoms with van der Waals surface area (Å²) in [5, 5.41) is 9.09. The van der Waals surface area contributed by atoms with Gasteiger partial charge >= 0.3 is 0 Å². The van der Waals surface area contributed by atoms with Gasteiger partial charge in [-0.2, -0.15) is 5.10 Å². The number of rotatable bonds is 3. The molecule has 134 valence electrons. The van der Waals surface area contributed by atoms with Crippen molar-refractivity contribution in [1.82, 2.24) is 0 Å². The number of thioether (sulfide) groups is 1. The first-order chi connectivity index (χ1) is 12.4. The van der Waals surface area contributed by atoms with E-state index in [0.717, 1.165) is 11.3 Å². The number of nitrogens with zero attached hydrogens (tertiary/aromatic N) is 4. The zero-order chi connectivity index (χ0) is 18.7. The molecule has 3 rings (SSSR count). The molecule has 0 amide bonds. The molecule has 0 aromatic heterocycles. The summed E-state index contributed by atoms with van der Waals surface area (Å²) in [7, 11) is 3.98. The number of amidine groups is 1. The molecule has 0 aliphatic carbocycles. The first kappa shape index (κ1) is 18.9. The van der Waals surface area contributed by atoms with Crippen molar-refractivity contribution in [2.75, 3.05) is 24.7 Å². The fourth-order valence-corrected chi connectivity index (χ4v) is 3.42. The van der Waals surface area contributed by atoms with E-state index in [1.54, 1.807) is 6.21 Å². The van der Waals surface area contributed by atoms with Gasteiger partial charge in [-0.1, -0.05) is 47.1 Å². The topological polar surface area (TPSA) is 40.3 Å². The second-order valence-corrected chi connectivity index (χ2v) is 7.47. The second-order valence-electron chi connectivity index (χ2n) is 5.71. The molecule has 0 bridgehead atoms. The summed E-state index contributed by atoms with van der Waals surface area (Å²) in [5.74, 6) is -0.0379. The van der Waals surface area contributed by atoms with Gasteiger partial charge in [-0.3, -0.25) is 0 Å². The van der Waals surface area contributed by atoms with E-state index in [9.17, 15) is 4.39 Å². The fourth-order valence-electron chi connectivity index (χ4n) is 2.22. The number of benzene rings is 2. The average molecular weight is 409 g/mol. The minimum atomic E-state index is -0.535. The molecule has 0 unspecified atom stereocenters. The summed E-state index contributed by atoms with van der Waals surface area (Å²) >= 11 is 13.3. The summed E-state index contributed by atoms with van der Waals surface area (Å²) in [6, 6.07) is 10.7. The van der Waals surface area contributed by atoms with Crippen LogP contribution in [0.15, 0.2) is 51.6 Å². The molecule has 0 saturated carbocycles. The van der Waals surface area contributed by atoms with Crippen molar-refractivity contribution in [3.63, 3.8) is 0 Å². The lowest BCUT2D eigenvalue weighted by atomic mass is 10.1. The Labute approximate surface area is 165 Å². The smallest absolute Gasteiger partial charge is 0.209 e. The minimum Gasteiger partial charge on any atom is -0.378 e. The monoisotopic (exact) mass is 408 g/mol. The molecule has 2 aromatic rings. The van der Waals surface area contributed by atoms with Crippen molar-refractivity contribution in [1.29, 1.82) is 0 Å². The minimum absolute atomic E-state index is 0.0168. The van der Waals surface area contributed by atoms with Gasteiger partial charge in [0.15, 0.2) is 0 Å². The Kier molecular flexibility index (Phi) is 5.96. The van der Waals surface area contributed by atoms with E-state index in [-0.39, 0.29) is 5.02 Å². The predicted octanol–water partition coefficient (Wildman–Crippen LogP) is 5.12. The highest BCUT2D eigenvalue weighted by atomic mass is 35.5. The normalized spacial score (nSPS) is 14.3. The van der Waals surface area contributed by atoms with Crippen molar-refractivity contribution < 1.29 is 4.39 Å². The van der Waals surface area contributed by atoms with Crippen molar-refractivity contribution in [2.45, 2.75) is 0 Å². The maximum Gasteiger partial charge on any atom is 0.209 e. The van der Waals surface area contributed by atoms with Crippen molar-refractivity contribution in [2.24, 2.45) is 15.2 Å². The number of halogens is 3. The molecule has 0 saturated heterocycles. The third-order valence-electron chi connectivity index (χ3n) is 3.65. The fraction of sp³-hybridized carbons (Fsp3) is 0.167. The third-order valence-corrected chi connectivity index (χ3v) is 5.11. The first-order valence-electron chi connectivity index (χ1n) is 7.68. The van der Waals surface area contributed by atoms with E-state index in [1.165, 1.54) is 23.9 Å². The van der Waals surface area contributed by atoms with Crippen LogP contribution in [0.2, 0.25) is 10.0 Å². The van der Waals surface area contributed by atoms with E-state index >= 15 is 0 Å². The Morgan fingerprint density at radius 1 is 1.12 bits per heavy atom. The average Bonchev–Trinajstić information content (AvgIpc) is 2.64. The Bertz CT molecular complexity index is 908. The van der Waals surface area contributed by atoms with Crippen molar-refractivity contribution in [3.8, 4) is 0 Å². The highest BCUT2D eigenvalue weighted by Gasteiger charge is 2.16. The molecule has 0 radical (unpaired) electrons. The Morgan fingerprint density at radius 3 is 2.46 bits per heavy atom. The van der Waals surface area contributed by atoms with Crippen LogP contribution in [0.1, 0.15) is 11.1 Å². The molecule has 1 heterocycles. The molecule has 4 nitrogen and oxygen atoms in total. The molecule has 0 spiro atoms. The van der Waals surface area contributed by atoms with Gasteiger partial charge < -0.3 is 4.90 Å². The van der Waals surface area contributed by atoms with Crippen LogP contribution in [0.25, 0.3) is 0 Å². The van der Waals surface area contributed by atoms with Gasteiger partial charge in [-0.05, 0) is 29.8 Å². The summed E-state index contributed by atoms with van der Waals surface area (Å²) in [6.45, 7) is 0. The lowest BCUT2D eigenvalue weighted by molar-refractivity contribution is 0.628. The number of anilines is 1. The van der Waals surface area contributed by atoms with E-state index in [2.05, 4.69) is 15.2 Å². The summed E-state index contributed by atoms with van der Waals surface area (Å²) in [6.07, 6.45) is 1.74. The van der Waals surface area contributed by atoms with Crippen LogP contribution in [0.4, 0.5) is 10.1 Å². The summed E-state index contributed by atoms with van der Waals surface area (Å²) < 4.78 is 13.7. The van der Waals surface area contributed by atoms with Crippen molar-refractivity contribution >= 4 is 57.7 Å². The molecule has 1 aliphatic rings. The Morgan fingerprint density at radius 2 is 1.85 bits per heavy atom. The molecule has 0 fully saturated rings. The zero-order valence-electron chi connectivity index (χ0n) is 14.1. The number of hydrogen-bond donors (Lipinski definition) is 0. The molecular weight excluding hydrogens is 394 g/mol. The number of aliphatic imine (C=N–C) groups is 1.